The summed E-state index contributed by atoms with van der Waals surface area (Å²) < 4.78 is 0. The van der Waals surface area contributed by atoms with Crippen molar-refractivity contribution >= 4 is 6.03 Å². The maximum absolute atomic E-state index is 11.9. The van der Waals surface area contributed by atoms with Gasteiger partial charge in [-0.05, 0) is 26.2 Å². The number of rotatable bonds is 1. The van der Waals surface area contributed by atoms with Crippen LogP contribution in [0.15, 0.2) is 0 Å². The van der Waals surface area contributed by atoms with Crippen molar-refractivity contribution in [1.82, 2.24) is 10.2 Å². The molecular weight excluding hydrogens is 204 g/mol. The minimum Gasteiger partial charge on any atom is -0.388 e. The molecule has 4 heteroatoms. The van der Waals surface area contributed by atoms with Crippen molar-refractivity contribution in [2.24, 2.45) is 0 Å². The van der Waals surface area contributed by atoms with Crippen LogP contribution in [0, 0.1) is 0 Å². The Balaban J connectivity index is 1.79. The molecule has 0 spiro atoms. The highest BCUT2D eigenvalue weighted by Gasteiger charge is 2.34. The number of amides is 2. The first-order valence-electron chi connectivity index (χ1n) is 6.35. The molecule has 4 nitrogen and oxygen atoms in total. The van der Waals surface area contributed by atoms with Gasteiger partial charge in [-0.2, -0.15) is 0 Å². The fourth-order valence-electron chi connectivity index (χ4n) is 2.63. The first-order valence-corrected chi connectivity index (χ1v) is 6.35. The van der Waals surface area contributed by atoms with Gasteiger partial charge in [0.25, 0.3) is 0 Å². The lowest BCUT2D eigenvalue weighted by molar-refractivity contribution is 0.0716. The number of nitrogens with one attached hydrogen (secondary N) is 1. The summed E-state index contributed by atoms with van der Waals surface area (Å²) in [6.07, 6.45) is 6.65. The van der Waals surface area contributed by atoms with Gasteiger partial charge in [-0.25, -0.2) is 4.79 Å². The summed E-state index contributed by atoms with van der Waals surface area (Å²) >= 11 is 0. The average molecular weight is 226 g/mol. The molecule has 1 heterocycles. The van der Waals surface area contributed by atoms with Crippen LogP contribution < -0.4 is 5.32 Å². The fourth-order valence-corrected chi connectivity index (χ4v) is 2.63. The van der Waals surface area contributed by atoms with E-state index < -0.39 is 5.60 Å². The molecule has 0 bridgehead atoms. The molecule has 0 radical (unpaired) electrons. The van der Waals surface area contributed by atoms with E-state index in [1.807, 2.05) is 0 Å². The number of carbonyl (C=O) groups excluding carboxylic acids is 1. The summed E-state index contributed by atoms with van der Waals surface area (Å²) in [5.41, 5.74) is -0.691. The first kappa shape index (κ1) is 11.7. The minimum absolute atomic E-state index is 0.00433. The highest BCUT2D eigenvalue weighted by atomic mass is 16.3. The molecule has 0 aromatic rings. The van der Waals surface area contributed by atoms with Crippen molar-refractivity contribution < 1.29 is 9.90 Å². The van der Waals surface area contributed by atoms with Crippen LogP contribution in [-0.4, -0.2) is 40.8 Å². The maximum Gasteiger partial charge on any atom is 0.317 e. The van der Waals surface area contributed by atoms with Gasteiger partial charge >= 0.3 is 6.03 Å². The Labute approximate surface area is 97.0 Å². The summed E-state index contributed by atoms with van der Waals surface area (Å²) in [7, 11) is 0. The molecule has 2 rings (SSSR count). The summed E-state index contributed by atoms with van der Waals surface area (Å²) in [5, 5.41) is 12.9. The smallest absolute Gasteiger partial charge is 0.317 e. The zero-order valence-electron chi connectivity index (χ0n) is 10.0. The van der Waals surface area contributed by atoms with Crippen molar-refractivity contribution in [3.05, 3.63) is 0 Å². The quantitative estimate of drug-likeness (QED) is 0.711. The molecule has 2 aliphatic rings. The second kappa shape index (κ2) is 4.62. The molecule has 1 aliphatic heterocycles. The average Bonchev–Trinajstić information content (AvgIpc) is 2.60. The Morgan fingerprint density at radius 2 is 2.06 bits per heavy atom. The van der Waals surface area contributed by atoms with Gasteiger partial charge in [0.2, 0.25) is 0 Å². The van der Waals surface area contributed by atoms with E-state index in [1.165, 1.54) is 19.3 Å². The number of hydrogen-bond acceptors (Lipinski definition) is 2. The lowest BCUT2D eigenvalue weighted by Gasteiger charge is -2.26. The van der Waals surface area contributed by atoms with E-state index in [9.17, 15) is 9.90 Å². The monoisotopic (exact) mass is 226 g/mol. The standard InChI is InChI=1S/C12H22N2O2/c1-12(16)7-8-14(9-12)11(15)13-10-5-3-2-4-6-10/h10,16H,2-9H2,1H3,(H,13,15). The Morgan fingerprint density at radius 3 is 2.62 bits per heavy atom. The van der Waals surface area contributed by atoms with Crippen molar-refractivity contribution in [3.63, 3.8) is 0 Å². The van der Waals surface area contributed by atoms with E-state index in [-0.39, 0.29) is 6.03 Å². The van der Waals surface area contributed by atoms with Crippen molar-refractivity contribution in [2.75, 3.05) is 13.1 Å². The van der Waals surface area contributed by atoms with Gasteiger partial charge in [0, 0.05) is 12.6 Å². The first-order chi connectivity index (χ1) is 7.57. The molecule has 0 aromatic heterocycles. The summed E-state index contributed by atoms with van der Waals surface area (Å²) in [5.74, 6) is 0. The van der Waals surface area contributed by atoms with Crippen LogP contribution in [0.4, 0.5) is 4.79 Å². The molecule has 2 amide bonds. The summed E-state index contributed by atoms with van der Waals surface area (Å²) in [4.78, 5) is 13.6. The second-order valence-electron chi connectivity index (χ2n) is 5.45. The highest BCUT2D eigenvalue weighted by Crippen LogP contribution is 2.21. The number of aliphatic hydroxyl groups is 1. The molecule has 1 unspecified atom stereocenters. The minimum atomic E-state index is -0.691. The summed E-state index contributed by atoms with van der Waals surface area (Å²) in [6, 6.07) is 0.358. The van der Waals surface area contributed by atoms with E-state index >= 15 is 0 Å². The van der Waals surface area contributed by atoms with Crippen molar-refractivity contribution in [1.29, 1.82) is 0 Å². The largest absolute Gasteiger partial charge is 0.388 e. The van der Waals surface area contributed by atoms with Crippen LogP contribution in [0.25, 0.3) is 0 Å². The van der Waals surface area contributed by atoms with Crippen LogP contribution in [0.2, 0.25) is 0 Å². The number of likely N-dealkylation sites (tertiary alicyclic amines) is 1. The molecule has 92 valence electrons. The highest BCUT2D eigenvalue weighted by molar-refractivity contribution is 5.75. The van der Waals surface area contributed by atoms with Gasteiger partial charge in [0.05, 0.1) is 12.1 Å². The zero-order valence-corrected chi connectivity index (χ0v) is 10.0. The normalized spacial score (nSPS) is 31.8. The maximum atomic E-state index is 11.9. The third kappa shape index (κ3) is 2.88. The summed E-state index contributed by atoms with van der Waals surface area (Å²) in [6.45, 7) is 2.93. The van der Waals surface area contributed by atoms with Gasteiger partial charge in [0.15, 0.2) is 0 Å². The number of β-amino-alcohol motifs (C(OH)–C–C–N with tert-alkyl or cyclic N) is 1. The van der Waals surface area contributed by atoms with E-state index in [1.54, 1.807) is 11.8 Å². The molecule has 2 fully saturated rings. The predicted molar refractivity (Wildman–Crippen MR) is 62.2 cm³/mol. The van der Waals surface area contributed by atoms with Crippen LogP contribution in [0.3, 0.4) is 0 Å². The Bertz CT molecular complexity index is 260. The van der Waals surface area contributed by atoms with Crippen molar-refractivity contribution in [2.45, 2.75) is 57.1 Å². The third-order valence-corrected chi connectivity index (χ3v) is 3.67. The van der Waals surface area contributed by atoms with Crippen LogP contribution >= 0.6 is 0 Å². The predicted octanol–water partition coefficient (Wildman–Crippen LogP) is 1.49. The molecule has 1 aliphatic carbocycles. The van der Waals surface area contributed by atoms with Gasteiger partial charge < -0.3 is 15.3 Å². The Hall–Kier alpha value is -0.770. The lowest BCUT2D eigenvalue weighted by atomic mass is 9.96. The molecule has 1 atom stereocenters. The molecule has 2 N–H and O–H groups in total. The number of urea groups is 1. The second-order valence-corrected chi connectivity index (χ2v) is 5.45. The third-order valence-electron chi connectivity index (χ3n) is 3.67. The van der Waals surface area contributed by atoms with Gasteiger partial charge in [-0.15, -0.1) is 0 Å². The van der Waals surface area contributed by atoms with Gasteiger partial charge in [-0.3, -0.25) is 0 Å². The van der Waals surface area contributed by atoms with E-state index in [4.69, 9.17) is 0 Å². The van der Waals surface area contributed by atoms with Crippen LogP contribution in [0.5, 0.6) is 0 Å². The molecule has 0 aromatic carbocycles. The number of carbonyl (C=O) groups is 1. The van der Waals surface area contributed by atoms with Crippen LogP contribution in [0.1, 0.15) is 45.4 Å². The molecule has 16 heavy (non-hydrogen) atoms. The van der Waals surface area contributed by atoms with Gasteiger partial charge in [0.1, 0.15) is 0 Å². The lowest BCUT2D eigenvalue weighted by Crippen LogP contribution is -2.45. The van der Waals surface area contributed by atoms with Crippen molar-refractivity contribution in [3.8, 4) is 0 Å². The molecule has 1 saturated heterocycles. The fraction of sp³-hybridized carbons (Fsp3) is 0.917. The Kier molecular flexibility index (Phi) is 3.38. The van der Waals surface area contributed by atoms with E-state index in [2.05, 4.69) is 5.32 Å². The molecular formula is C12H22N2O2. The zero-order chi connectivity index (χ0) is 11.6. The topological polar surface area (TPSA) is 52.6 Å². The van der Waals surface area contributed by atoms with Crippen LogP contribution in [-0.2, 0) is 0 Å². The van der Waals surface area contributed by atoms with Gasteiger partial charge in [-0.1, -0.05) is 19.3 Å². The SMILES string of the molecule is CC1(O)CCN(C(=O)NC2CCCCC2)C1. The number of hydrogen-bond donors (Lipinski definition) is 2. The molecule has 1 saturated carbocycles. The van der Waals surface area contributed by atoms with E-state index in [0.717, 1.165) is 12.8 Å². The number of nitrogens with zero attached hydrogens (tertiary/aromatic N) is 1. The Morgan fingerprint density at radius 1 is 1.38 bits per heavy atom. The van der Waals surface area contributed by atoms with E-state index in [0.29, 0.717) is 25.6 Å².